The molecule has 0 amide bonds. The number of phenols is 1. The number of ether oxygens (including phenoxy) is 1. The van der Waals surface area contributed by atoms with Gasteiger partial charge in [-0.25, -0.2) is 4.98 Å². The fourth-order valence-corrected chi connectivity index (χ4v) is 2.19. The van der Waals surface area contributed by atoms with Crippen LogP contribution in [0.4, 0.5) is 5.69 Å². The highest BCUT2D eigenvalue weighted by Gasteiger charge is 2.24. The summed E-state index contributed by atoms with van der Waals surface area (Å²) in [5, 5.41) is 13.2. The van der Waals surface area contributed by atoms with Crippen LogP contribution in [0.15, 0.2) is 36.5 Å². The van der Waals surface area contributed by atoms with Crippen molar-refractivity contribution in [3.8, 4) is 11.5 Å². The summed E-state index contributed by atoms with van der Waals surface area (Å²) < 4.78 is 5.52. The van der Waals surface area contributed by atoms with Crippen LogP contribution in [0.1, 0.15) is 11.6 Å². The molecule has 2 aromatic rings. The minimum atomic E-state index is 0.0547. The lowest BCUT2D eigenvalue weighted by atomic mass is 10.1. The van der Waals surface area contributed by atoms with Crippen LogP contribution in [0.3, 0.4) is 0 Å². The van der Waals surface area contributed by atoms with Crippen molar-refractivity contribution in [3.63, 3.8) is 0 Å². The smallest absolute Gasteiger partial charge is 0.131 e. The number of nitrogens with one attached hydrogen (secondary N) is 1. The number of benzene rings is 1. The lowest BCUT2D eigenvalue weighted by Crippen LogP contribution is -2.11. The van der Waals surface area contributed by atoms with Gasteiger partial charge in [0.2, 0.25) is 0 Å². The lowest BCUT2D eigenvalue weighted by Gasteiger charge is -2.13. The number of halogens is 1. The zero-order valence-corrected chi connectivity index (χ0v) is 10.2. The highest BCUT2D eigenvalue weighted by molar-refractivity contribution is 6.29. The molecule has 1 atom stereocenters. The van der Waals surface area contributed by atoms with Crippen LogP contribution in [0.2, 0.25) is 5.15 Å². The molecular formula is C13H11ClN2O2. The van der Waals surface area contributed by atoms with E-state index in [9.17, 15) is 5.11 Å². The standard InChI is InChI=1S/C13H11ClN2O2/c14-13-5-8(3-4-15-13)16-11-7-18-12-6-9(17)1-2-10(11)12/h1-6,11,17H,7H2,(H,15,16). The second-order valence-electron chi connectivity index (χ2n) is 4.10. The summed E-state index contributed by atoms with van der Waals surface area (Å²) >= 11 is 5.84. The molecule has 5 heteroatoms. The van der Waals surface area contributed by atoms with Gasteiger partial charge in [-0.05, 0) is 24.3 Å². The third kappa shape index (κ3) is 2.07. The van der Waals surface area contributed by atoms with Crippen molar-refractivity contribution in [3.05, 3.63) is 47.2 Å². The number of aromatic hydroxyl groups is 1. The molecule has 4 nitrogen and oxygen atoms in total. The topological polar surface area (TPSA) is 54.4 Å². The van der Waals surface area contributed by atoms with Crippen LogP contribution in [-0.2, 0) is 0 Å². The second kappa shape index (κ2) is 4.38. The van der Waals surface area contributed by atoms with Gasteiger partial charge >= 0.3 is 0 Å². The number of phenolic OH excluding ortho intramolecular Hbond substituents is 1. The summed E-state index contributed by atoms with van der Waals surface area (Å²) in [4.78, 5) is 3.93. The van der Waals surface area contributed by atoms with Crippen LogP contribution in [0.25, 0.3) is 0 Å². The van der Waals surface area contributed by atoms with Crippen molar-refractivity contribution in [2.75, 3.05) is 11.9 Å². The van der Waals surface area contributed by atoms with Gasteiger partial charge in [0.05, 0.1) is 6.04 Å². The van der Waals surface area contributed by atoms with E-state index in [-0.39, 0.29) is 11.8 Å². The first-order valence-corrected chi connectivity index (χ1v) is 5.94. The second-order valence-corrected chi connectivity index (χ2v) is 4.48. The largest absolute Gasteiger partial charge is 0.508 e. The number of fused-ring (bicyclic) bond motifs is 1. The molecule has 3 rings (SSSR count). The SMILES string of the molecule is Oc1ccc2c(c1)OCC2Nc1ccnc(Cl)c1. The van der Waals surface area contributed by atoms with Crippen molar-refractivity contribution in [1.82, 2.24) is 4.98 Å². The Hall–Kier alpha value is -1.94. The summed E-state index contributed by atoms with van der Waals surface area (Å²) in [5.74, 6) is 0.925. The first-order valence-electron chi connectivity index (χ1n) is 5.56. The summed E-state index contributed by atoms with van der Waals surface area (Å²) in [6.45, 7) is 0.527. The van der Waals surface area contributed by atoms with E-state index < -0.39 is 0 Å². The van der Waals surface area contributed by atoms with Gasteiger partial charge in [0.1, 0.15) is 23.3 Å². The predicted octanol–water partition coefficient (Wildman–Crippen LogP) is 2.99. The van der Waals surface area contributed by atoms with E-state index in [2.05, 4.69) is 10.3 Å². The summed E-state index contributed by atoms with van der Waals surface area (Å²) in [5.41, 5.74) is 1.92. The molecule has 0 spiro atoms. The molecule has 0 radical (unpaired) electrons. The maximum atomic E-state index is 9.38. The van der Waals surface area contributed by atoms with E-state index in [0.29, 0.717) is 17.5 Å². The third-order valence-corrected chi connectivity index (χ3v) is 3.05. The molecule has 0 bridgehead atoms. The maximum Gasteiger partial charge on any atom is 0.131 e. The minimum absolute atomic E-state index is 0.0547. The van der Waals surface area contributed by atoms with E-state index >= 15 is 0 Å². The molecule has 92 valence electrons. The van der Waals surface area contributed by atoms with Crippen molar-refractivity contribution in [2.45, 2.75) is 6.04 Å². The first-order chi connectivity index (χ1) is 8.72. The number of anilines is 1. The minimum Gasteiger partial charge on any atom is -0.508 e. The van der Waals surface area contributed by atoms with Crippen LogP contribution >= 0.6 is 11.6 Å². The molecule has 2 N–H and O–H groups in total. The molecule has 0 saturated heterocycles. The molecule has 1 aromatic heterocycles. The van der Waals surface area contributed by atoms with Crippen molar-refractivity contribution >= 4 is 17.3 Å². The van der Waals surface area contributed by atoms with Gasteiger partial charge in [-0.2, -0.15) is 0 Å². The van der Waals surface area contributed by atoms with E-state index in [0.717, 1.165) is 11.3 Å². The van der Waals surface area contributed by atoms with E-state index in [1.807, 2.05) is 12.1 Å². The first kappa shape index (κ1) is 11.2. The van der Waals surface area contributed by atoms with Crippen molar-refractivity contribution in [2.24, 2.45) is 0 Å². The monoisotopic (exact) mass is 262 g/mol. The zero-order chi connectivity index (χ0) is 12.5. The predicted molar refractivity (Wildman–Crippen MR) is 69.2 cm³/mol. The van der Waals surface area contributed by atoms with E-state index in [1.165, 1.54) is 0 Å². The molecule has 0 aliphatic carbocycles. The molecule has 0 fully saturated rings. The number of nitrogens with zero attached hydrogens (tertiary/aromatic N) is 1. The Morgan fingerprint density at radius 2 is 2.22 bits per heavy atom. The summed E-state index contributed by atoms with van der Waals surface area (Å²) in [6, 6.07) is 8.81. The highest BCUT2D eigenvalue weighted by atomic mass is 35.5. The van der Waals surface area contributed by atoms with Gasteiger partial charge in [0.15, 0.2) is 0 Å². The average Bonchev–Trinajstić information content (AvgIpc) is 2.72. The van der Waals surface area contributed by atoms with Gasteiger partial charge in [-0.1, -0.05) is 11.6 Å². The molecule has 18 heavy (non-hydrogen) atoms. The Morgan fingerprint density at radius 1 is 1.33 bits per heavy atom. The fourth-order valence-electron chi connectivity index (χ4n) is 2.01. The Labute approximate surface area is 109 Å². The number of hydrogen-bond donors (Lipinski definition) is 2. The number of hydrogen-bond acceptors (Lipinski definition) is 4. The van der Waals surface area contributed by atoms with Gasteiger partial charge in [-0.3, -0.25) is 0 Å². The molecule has 1 aliphatic heterocycles. The summed E-state index contributed by atoms with van der Waals surface area (Å²) in [7, 11) is 0. The zero-order valence-electron chi connectivity index (χ0n) is 9.43. The Bertz CT molecular complexity index is 589. The van der Waals surface area contributed by atoms with Gasteiger partial charge < -0.3 is 15.2 Å². The molecule has 0 saturated carbocycles. The van der Waals surface area contributed by atoms with Crippen molar-refractivity contribution in [1.29, 1.82) is 0 Å². The van der Waals surface area contributed by atoms with Crippen molar-refractivity contribution < 1.29 is 9.84 Å². The van der Waals surface area contributed by atoms with Crippen LogP contribution in [-0.4, -0.2) is 16.7 Å². The van der Waals surface area contributed by atoms with E-state index in [4.69, 9.17) is 16.3 Å². The van der Waals surface area contributed by atoms with Crippen LogP contribution in [0.5, 0.6) is 11.5 Å². The molecule has 1 aromatic carbocycles. The van der Waals surface area contributed by atoms with E-state index in [1.54, 1.807) is 24.4 Å². The molecule has 2 heterocycles. The lowest BCUT2D eigenvalue weighted by molar-refractivity contribution is 0.338. The molecule has 1 aliphatic rings. The maximum absolute atomic E-state index is 9.38. The molecular weight excluding hydrogens is 252 g/mol. The average molecular weight is 263 g/mol. The van der Waals surface area contributed by atoms with Crippen LogP contribution < -0.4 is 10.1 Å². The van der Waals surface area contributed by atoms with Crippen LogP contribution in [0, 0.1) is 0 Å². The Kier molecular flexibility index (Phi) is 2.72. The number of rotatable bonds is 2. The number of aromatic nitrogens is 1. The Balaban J connectivity index is 1.85. The highest BCUT2D eigenvalue weighted by Crippen LogP contribution is 2.36. The number of pyridine rings is 1. The molecule has 1 unspecified atom stereocenters. The van der Waals surface area contributed by atoms with Gasteiger partial charge in [0.25, 0.3) is 0 Å². The fraction of sp³-hybridized carbons (Fsp3) is 0.154. The third-order valence-electron chi connectivity index (χ3n) is 2.85. The summed E-state index contributed by atoms with van der Waals surface area (Å²) in [6.07, 6.45) is 1.65. The van der Waals surface area contributed by atoms with Gasteiger partial charge in [0, 0.05) is 23.5 Å². The Morgan fingerprint density at radius 3 is 3.06 bits per heavy atom. The quantitative estimate of drug-likeness (QED) is 0.817. The normalized spacial score (nSPS) is 17.1. The van der Waals surface area contributed by atoms with Gasteiger partial charge in [-0.15, -0.1) is 0 Å².